The number of aromatic nitrogens is 2. The number of alkyl halides is 2. The third-order valence-electron chi connectivity index (χ3n) is 3.70. The molecule has 0 aliphatic heterocycles. The van der Waals surface area contributed by atoms with Crippen LogP contribution in [0.15, 0.2) is 47.6 Å². The number of benzene rings is 2. The minimum atomic E-state index is -2.96. The standard InChI is InChI=1S/C18H16ClF2N3O2S/c1-2-24-14-6-4-3-5-13(14)23-18(24)27-10-16(25)22-11-7-8-15(12(19)9-11)26-17(20)21/h3-9,17H,2,10H2,1H3,(H,22,25). The molecule has 2 aromatic carbocycles. The van der Waals surface area contributed by atoms with Crippen LogP contribution in [0.2, 0.25) is 5.02 Å². The first-order valence-corrected chi connectivity index (χ1v) is 9.46. The predicted molar refractivity (Wildman–Crippen MR) is 103 cm³/mol. The summed E-state index contributed by atoms with van der Waals surface area (Å²) in [4.78, 5) is 16.8. The zero-order valence-corrected chi connectivity index (χ0v) is 15.9. The molecule has 5 nitrogen and oxygen atoms in total. The van der Waals surface area contributed by atoms with Gasteiger partial charge in [-0.25, -0.2) is 4.98 Å². The first-order chi connectivity index (χ1) is 13.0. The molecule has 0 atom stereocenters. The third-order valence-corrected chi connectivity index (χ3v) is 4.97. The topological polar surface area (TPSA) is 56.2 Å². The zero-order chi connectivity index (χ0) is 19.4. The van der Waals surface area contributed by atoms with Crippen molar-refractivity contribution in [1.29, 1.82) is 0 Å². The van der Waals surface area contributed by atoms with Crippen molar-refractivity contribution in [1.82, 2.24) is 9.55 Å². The van der Waals surface area contributed by atoms with Gasteiger partial charge in [0.25, 0.3) is 0 Å². The summed E-state index contributed by atoms with van der Waals surface area (Å²) in [6.45, 7) is -0.202. The normalized spacial score (nSPS) is 11.1. The third kappa shape index (κ3) is 4.70. The molecule has 0 bridgehead atoms. The van der Waals surface area contributed by atoms with Gasteiger partial charge in [-0.05, 0) is 37.3 Å². The highest BCUT2D eigenvalue weighted by molar-refractivity contribution is 7.99. The second kappa shape index (κ2) is 8.58. The summed E-state index contributed by atoms with van der Waals surface area (Å²) < 4.78 is 30.8. The lowest BCUT2D eigenvalue weighted by atomic mass is 10.3. The molecule has 0 saturated heterocycles. The van der Waals surface area contributed by atoms with Crippen LogP contribution in [0, 0.1) is 0 Å². The number of thioether (sulfide) groups is 1. The van der Waals surface area contributed by atoms with Gasteiger partial charge in [-0.2, -0.15) is 8.78 Å². The van der Waals surface area contributed by atoms with Gasteiger partial charge in [0.15, 0.2) is 5.16 Å². The van der Waals surface area contributed by atoms with Crippen LogP contribution in [0.3, 0.4) is 0 Å². The fourth-order valence-electron chi connectivity index (χ4n) is 2.57. The highest BCUT2D eigenvalue weighted by atomic mass is 35.5. The maximum Gasteiger partial charge on any atom is 0.387 e. The Morgan fingerprint density at radius 1 is 1.33 bits per heavy atom. The van der Waals surface area contributed by atoms with Crippen LogP contribution in [-0.2, 0) is 11.3 Å². The molecule has 0 unspecified atom stereocenters. The SMILES string of the molecule is CCn1c(SCC(=O)Nc2ccc(OC(F)F)c(Cl)c2)nc2ccccc21. The fourth-order valence-corrected chi connectivity index (χ4v) is 3.67. The molecule has 27 heavy (non-hydrogen) atoms. The second-order valence-electron chi connectivity index (χ2n) is 5.49. The minimum absolute atomic E-state index is 0.00599. The number of anilines is 1. The molecule has 3 aromatic rings. The summed E-state index contributed by atoms with van der Waals surface area (Å²) in [7, 11) is 0. The molecule has 0 aliphatic carbocycles. The number of nitrogens with zero attached hydrogens (tertiary/aromatic N) is 2. The summed E-state index contributed by atoms with van der Waals surface area (Å²) in [5.41, 5.74) is 2.30. The number of para-hydroxylation sites is 2. The lowest BCUT2D eigenvalue weighted by Crippen LogP contribution is -2.14. The molecular weight excluding hydrogens is 396 g/mol. The molecule has 3 rings (SSSR count). The van der Waals surface area contributed by atoms with Gasteiger partial charge in [0, 0.05) is 12.2 Å². The first kappa shape index (κ1) is 19.4. The van der Waals surface area contributed by atoms with Gasteiger partial charge in [-0.3, -0.25) is 4.79 Å². The van der Waals surface area contributed by atoms with E-state index in [4.69, 9.17) is 11.6 Å². The lowest BCUT2D eigenvalue weighted by molar-refractivity contribution is -0.113. The number of carbonyl (C=O) groups excluding carboxylic acids is 1. The number of hydrogen-bond acceptors (Lipinski definition) is 4. The number of aryl methyl sites for hydroxylation is 1. The van der Waals surface area contributed by atoms with Crippen LogP contribution in [0.1, 0.15) is 6.92 Å². The maximum atomic E-state index is 12.3. The molecular formula is C18H16ClF2N3O2S. The van der Waals surface area contributed by atoms with Crippen molar-refractivity contribution in [3.63, 3.8) is 0 Å². The zero-order valence-electron chi connectivity index (χ0n) is 14.3. The van der Waals surface area contributed by atoms with Gasteiger partial charge in [-0.15, -0.1) is 0 Å². The molecule has 0 saturated carbocycles. The molecule has 0 fully saturated rings. The molecule has 142 valence electrons. The Morgan fingerprint density at radius 3 is 2.81 bits per heavy atom. The van der Waals surface area contributed by atoms with Gasteiger partial charge in [0.1, 0.15) is 5.75 Å². The quantitative estimate of drug-likeness (QED) is 0.553. The number of nitrogens with one attached hydrogen (secondary N) is 1. The van der Waals surface area contributed by atoms with E-state index in [1.54, 1.807) is 0 Å². The number of imidazole rings is 1. The van der Waals surface area contributed by atoms with Crippen molar-refractivity contribution in [3.05, 3.63) is 47.5 Å². The molecule has 1 aromatic heterocycles. The van der Waals surface area contributed by atoms with Gasteiger partial charge >= 0.3 is 6.61 Å². The number of rotatable bonds is 7. The van der Waals surface area contributed by atoms with Gasteiger partial charge in [-0.1, -0.05) is 35.5 Å². The number of halogens is 3. The first-order valence-electron chi connectivity index (χ1n) is 8.10. The molecule has 0 radical (unpaired) electrons. The predicted octanol–water partition coefficient (Wildman–Crippen LogP) is 5.04. The van der Waals surface area contributed by atoms with Gasteiger partial charge < -0.3 is 14.6 Å². The number of fused-ring (bicyclic) bond motifs is 1. The monoisotopic (exact) mass is 411 g/mol. The highest BCUT2D eigenvalue weighted by Gasteiger charge is 2.13. The largest absolute Gasteiger partial charge is 0.433 e. The minimum Gasteiger partial charge on any atom is -0.433 e. The van der Waals surface area contributed by atoms with E-state index < -0.39 is 6.61 Å². The van der Waals surface area contributed by atoms with Crippen molar-refractivity contribution < 1.29 is 18.3 Å². The van der Waals surface area contributed by atoms with Crippen LogP contribution in [-0.4, -0.2) is 27.8 Å². The van der Waals surface area contributed by atoms with E-state index in [9.17, 15) is 13.6 Å². The van der Waals surface area contributed by atoms with E-state index in [-0.39, 0.29) is 22.4 Å². The maximum absolute atomic E-state index is 12.3. The summed E-state index contributed by atoms with van der Waals surface area (Å²) in [6, 6.07) is 11.9. The average Bonchev–Trinajstić information content (AvgIpc) is 2.99. The number of hydrogen-bond donors (Lipinski definition) is 1. The Kier molecular flexibility index (Phi) is 6.18. The second-order valence-corrected chi connectivity index (χ2v) is 6.84. The van der Waals surface area contributed by atoms with E-state index in [1.165, 1.54) is 30.0 Å². The van der Waals surface area contributed by atoms with Crippen LogP contribution in [0.4, 0.5) is 14.5 Å². The van der Waals surface area contributed by atoms with Crippen molar-refractivity contribution in [2.45, 2.75) is 25.2 Å². The average molecular weight is 412 g/mol. The van der Waals surface area contributed by atoms with E-state index in [1.807, 2.05) is 35.8 Å². The van der Waals surface area contributed by atoms with Crippen molar-refractivity contribution in [2.75, 3.05) is 11.1 Å². The van der Waals surface area contributed by atoms with E-state index in [0.29, 0.717) is 5.69 Å². The summed E-state index contributed by atoms with van der Waals surface area (Å²) >= 11 is 7.21. The number of ether oxygens (including phenoxy) is 1. The fraction of sp³-hybridized carbons (Fsp3) is 0.222. The highest BCUT2D eigenvalue weighted by Crippen LogP contribution is 2.29. The van der Waals surface area contributed by atoms with E-state index in [0.717, 1.165) is 22.7 Å². The molecule has 9 heteroatoms. The number of amides is 1. The molecule has 0 aliphatic rings. The Balaban J connectivity index is 1.64. The van der Waals surface area contributed by atoms with Gasteiger partial charge in [0.05, 0.1) is 21.8 Å². The Morgan fingerprint density at radius 2 is 2.11 bits per heavy atom. The molecule has 0 spiro atoms. The van der Waals surface area contributed by atoms with Crippen molar-refractivity contribution in [2.24, 2.45) is 0 Å². The van der Waals surface area contributed by atoms with E-state index in [2.05, 4.69) is 15.0 Å². The Bertz CT molecular complexity index is 965. The molecule has 1 heterocycles. The molecule has 1 amide bonds. The summed E-state index contributed by atoms with van der Waals surface area (Å²) in [5, 5.41) is 3.43. The summed E-state index contributed by atoms with van der Waals surface area (Å²) in [6.07, 6.45) is 0. The van der Waals surface area contributed by atoms with Crippen LogP contribution in [0.5, 0.6) is 5.75 Å². The lowest BCUT2D eigenvalue weighted by Gasteiger charge is -2.10. The van der Waals surface area contributed by atoms with Crippen LogP contribution < -0.4 is 10.1 Å². The van der Waals surface area contributed by atoms with Crippen LogP contribution in [0.25, 0.3) is 11.0 Å². The smallest absolute Gasteiger partial charge is 0.387 e. The number of carbonyl (C=O) groups is 1. The summed E-state index contributed by atoms with van der Waals surface area (Å²) in [5.74, 6) is -0.250. The van der Waals surface area contributed by atoms with E-state index >= 15 is 0 Å². The van der Waals surface area contributed by atoms with Crippen LogP contribution >= 0.6 is 23.4 Å². The Hall–Kier alpha value is -2.32. The van der Waals surface area contributed by atoms with Crippen molar-refractivity contribution in [3.8, 4) is 5.75 Å². The van der Waals surface area contributed by atoms with Gasteiger partial charge in [0.2, 0.25) is 5.91 Å². The Labute approximate surface area is 163 Å². The molecule has 1 N–H and O–H groups in total. The van der Waals surface area contributed by atoms with Crippen molar-refractivity contribution >= 4 is 46.0 Å².